The van der Waals surface area contributed by atoms with Gasteiger partial charge in [0.1, 0.15) is 24.6 Å². The third-order valence-corrected chi connectivity index (χ3v) is 6.16. The van der Waals surface area contributed by atoms with Gasteiger partial charge in [-0.2, -0.15) is 0 Å². The highest BCUT2D eigenvalue weighted by Crippen LogP contribution is 2.47. The Morgan fingerprint density at radius 3 is 2.49 bits per heavy atom. The number of nitrogens with zero attached hydrogens (tertiary/aromatic N) is 4. The fraction of sp³-hybridized carbons (Fsp3) is 0.688. The maximum atomic E-state index is 11.6. The number of fused-ring (bicyclic) bond motifs is 1. The van der Waals surface area contributed by atoms with Gasteiger partial charge in [-0.3, -0.25) is 13.6 Å². The van der Waals surface area contributed by atoms with E-state index in [2.05, 4.69) is 24.8 Å². The molecule has 1 aliphatic heterocycles. The van der Waals surface area contributed by atoms with Gasteiger partial charge in [0.2, 0.25) is 5.95 Å². The average Bonchev–Trinajstić information content (AvgIpc) is 3.26. The second-order valence-electron chi connectivity index (χ2n) is 7.77. The molecule has 3 heterocycles. The first-order chi connectivity index (χ1) is 16.4. The molecule has 10 N–H and O–H groups in total. The quantitative estimate of drug-likeness (QED) is 0.114. The van der Waals surface area contributed by atoms with Gasteiger partial charge in [0, 0.05) is 6.54 Å². The molecule has 1 fully saturated rings. The van der Waals surface area contributed by atoms with Crippen LogP contribution in [0.4, 0.5) is 11.8 Å². The van der Waals surface area contributed by atoms with E-state index in [4.69, 9.17) is 30.5 Å². The number of rotatable bonds is 13. The number of anilines is 2. The van der Waals surface area contributed by atoms with Crippen molar-refractivity contribution in [2.24, 2.45) is 5.73 Å². The number of nitrogens with two attached hydrogens (primary N) is 2. The molecule has 2 aromatic rings. The van der Waals surface area contributed by atoms with Crippen molar-refractivity contribution in [2.45, 2.75) is 50.2 Å². The summed E-state index contributed by atoms with van der Waals surface area (Å²) < 4.78 is 38.9. The number of aliphatic hydroxyl groups excluding tert-OH is 1. The van der Waals surface area contributed by atoms with Crippen LogP contribution >= 0.6 is 15.6 Å². The third-order valence-electron chi connectivity index (χ3n) is 5.15. The smallest absolute Gasteiger partial charge is 0.387 e. The zero-order chi connectivity index (χ0) is 25.8. The lowest BCUT2D eigenvalue weighted by molar-refractivity contribution is -0.0489. The number of nitrogen functional groups attached to an aromatic ring is 1. The Bertz CT molecular complexity index is 1090. The zero-order valence-electron chi connectivity index (χ0n) is 18.5. The van der Waals surface area contributed by atoms with Gasteiger partial charge in [0.15, 0.2) is 23.2 Å². The minimum atomic E-state index is -5.15. The Kier molecular flexibility index (Phi) is 9.17. The molecule has 0 bridgehead atoms. The maximum Gasteiger partial charge on any atom is 0.470 e. The van der Waals surface area contributed by atoms with Crippen molar-refractivity contribution in [1.82, 2.24) is 19.5 Å². The first-order valence-electron chi connectivity index (χ1n) is 10.6. The third kappa shape index (κ3) is 7.38. The van der Waals surface area contributed by atoms with E-state index in [9.17, 15) is 24.0 Å². The van der Waals surface area contributed by atoms with Gasteiger partial charge < -0.3 is 46.2 Å². The van der Waals surface area contributed by atoms with Gasteiger partial charge in [-0.1, -0.05) is 12.8 Å². The summed E-state index contributed by atoms with van der Waals surface area (Å²) in [4.78, 5) is 49.2. The lowest BCUT2D eigenvalue weighted by Gasteiger charge is -2.23. The highest BCUT2D eigenvalue weighted by atomic mass is 31.2. The van der Waals surface area contributed by atoms with Gasteiger partial charge in [-0.05, 0) is 19.4 Å². The topological polar surface area (TPSA) is 271 Å². The van der Waals surface area contributed by atoms with Gasteiger partial charge in [0.25, 0.3) is 0 Å². The summed E-state index contributed by atoms with van der Waals surface area (Å²) in [5, 5.41) is 13.7. The Labute approximate surface area is 199 Å². The number of aliphatic hydroxyl groups is 1. The minimum Gasteiger partial charge on any atom is -0.387 e. The van der Waals surface area contributed by atoms with Crippen molar-refractivity contribution >= 4 is 38.6 Å². The highest BCUT2D eigenvalue weighted by molar-refractivity contribution is 7.46. The molecule has 0 unspecified atom stereocenters. The van der Waals surface area contributed by atoms with Crippen molar-refractivity contribution in [3.05, 3.63) is 6.33 Å². The van der Waals surface area contributed by atoms with E-state index in [1.165, 1.54) is 4.57 Å². The van der Waals surface area contributed by atoms with Gasteiger partial charge >= 0.3 is 15.6 Å². The summed E-state index contributed by atoms with van der Waals surface area (Å²) in [6.45, 7) is 0.248. The first-order valence-corrected chi connectivity index (χ1v) is 13.7. The number of phosphoric acid groups is 2. The Balaban J connectivity index is 1.95. The first kappa shape index (κ1) is 27.8. The van der Waals surface area contributed by atoms with Crippen LogP contribution in [0.1, 0.15) is 31.9 Å². The van der Waals surface area contributed by atoms with Crippen LogP contribution in [-0.4, -0.2) is 82.2 Å². The zero-order valence-corrected chi connectivity index (χ0v) is 20.2. The summed E-state index contributed by atoms with van der Waals surface area (Å²) >= 11 is 0. The largest absolute Gasteiger partial charge is 0.470 e. The lowest BCUT2D eigenvalue weighted by Crippen LogP contribution is -2.35. The van der Waals surface area contributed by atoms with Crippen LogP contribution in [0.3, 0.4) is 0 Å². The van der Waals surface area contributed by atoms with Crippen LogP contribution < -0.4 is 16.8 Å². The number of unbranched alkanes of at least 4 members (excludes halogenated alkanes) is 3. The van der Waals surface area contributed by atoms with Crippen molar-refractivity contribution < 1.29 is 47.6 Å². The van der Waals surface area contributed by atoms with Gasteiger partial charge in [-0.15, -0.1) is 0 Å². The van der Waals surface area contributed by atoms with Crippen molar-refractivity contribution in [2.75, 3.05) is 30.7 Å². The number of imidazole rings is 1. The molecule has 0 amide bonds. The predicted molar refractivity (Wildman–Crippen MR) is 121 cm³/mol. The SMILES string of the molecule is NCCCCCCNc1nc2c(N)ncnc2n1[C@@H]1O[C@H](COP(=O)(O)O)[C@@H](O)[C@H]1OP(=O)(O)O. The number of hydrogen-bond acceptors (Lipinski definition) is 12. The van der Waals surface area contributed by atoms with E-state index in [1.807, 2.05) is 0 Å². The number of aromatic nitrogens is 4. The van der Waals surface area contributed by atoms with E-state index < -0.39 is 46.8 Å². The maximum absolute atomic E-state index is 11.6. The molecule has 3 rings (SSSR count). The summed E-state index contributed by atoms with van der Waals surface area (Å²) in [7, 11) is -10.1. The molecule has 0 radical (unpaired) electrons. The monoisotopic (exact) mass is 541 g/mol. The van der Waals surface area contributed by atoms with E-state index in [-0.39, 0.29) is 22.9 Å². The van der Waals surface area contributed by atoms with Gasteiger partial charge in [0.05, 0.1) is 6.61 Å². The Hall–Kier alpha value is -1.75. The predicted octanol–water partition coefficient (Wildman–Crippen LogP) is -0.815. The standard InChI is InChI=1S/C16H29N7O10P2/c17-5-3-1-2-4-6-19-16-22-10-13(18)20-8-21-14(10)23(16)15-12(33-35(28,29)30)11(24)9(32-15)7-31-34(25,26)27/h8-9,11-12,15,24H,1-7,17H2,(H,19,22)(H2,18,20,21)(H2,25,26,27)(H2,28,29,30)/t9-,11-,12-,15-/m1/s1. The molecule has 35 heavy (non-hydrogen) atoms. The van der Waals surface area contributed by atoms with Crippen LogP contribution in [-0.2, 0) is 22.9 Å². The number of nitrogens with one attached hydrogen (secondary N) is 1. The molecular weight excluding hydrogens is 512 g/mol. The second kappa shape index (κ2) is 11.5. The molecule has 17 nitrogen and oxygen atoms in total. The number of hydrogen-bond donors (Lipinski definition) is 8. The molecule has 0 aliphatic carbocycles. The van der Waals surface area contributed by atoms with Crippen LogP contribution in [0.25, 0.3) is 11.2 Å². The summed E-state index contributed by atoms with van der Waals surface area (Å²) in [5.74, 6) is 0.159. The second-order valence-corrected chi connectivity index (χ2v) is 10.2. The van der Waals surface area contributed by atoms with E-state index in [1.54, 1.807) is 0 Å². The summed E-state index contributed by atoms with van der Waals surface area (Å²) in [6, 6.07) is 0. The lowest BCUT2D eigenvalue weighted by atomic mass is 10.1. The van der Waals surface area contributed by atoms with E-state index in [0.717, 1.165) is 32.0 Å². The Morgan fingerprint density at radius 1 is 1.11 bits per heavy atom. The van der Waals surface area contributed by atoms with Crippen molar-refractivity contribution in [3.63, 3.8) is 0 Å². The molecule has 0 aromatic carbocycles. The van der Waals surface area contributed by atoms with E-state index >= 15 is 0 Å². The van der Waals surface area contributed by atoms with Crippen LogP contribution in [0, 0.1) is 0 Å². The summed E-state index contributed by atoms with van der Waals surface area (Å²) in [6.07, 6.45) is -1.71. The number of ether oxygens (including phenoxy) is 1. The van der Waals surface area contributed by atoms with Crippen LogP contribution in [0.15, 0.2) is 6.33 Å². The minimum absolute atomic E-state index is 0.0205. The van der Waals surface area contributed by atoms with Crippen molar-refractivity contribution in [1.29, 1.82) is 0 Å². The van der Waals surface area contributed by atoms with E-state index in [0.29, 0.717) is 13.1 Å². The molecule has 0 saturated carbocycles. The molecule has 4 atom stereocenters. The van der Waals surface area contributed by atoms with Crippen LogP contribution in [0.5, 0.6) is 0 Å². The molecule has 19 heteroatoms. The summed E-state index contributed by atoms with van der Waals surface area (Å²) in [5.41, 5.74) is 11.7. The molecule has 0 spiro atoms. The molecular formula is C16H29N7O10P2. The van der Waals surface area contributed by atoms with Crippen molar-refractivity contribution in [3.8, 4) is 0 Å². The average molecular weight is 541 g/mol. The van der Waals surface area contributed by atoms with Gasteiger partial charge in [-0.25, -0.2) is 24.1 Å². The fourth-order valence-electron chi connectivity index (χ4n) is 3.62. The fourth-order valence-corrected chi connectivity index (χ4v) is 4.51. The highest BCUT2D eigenvalue weighted by Gasteiger charge is 2.50. The molecule has 1 saturated heterocycles. The number of phosphoric ester groups is 2. The molecule has 1 aliphatic rings. The molecule has 2 aromatic heterocycles. The molecule has 198 valence electrons. The van der Waals surface area contributed by atoms with Crippen LogP contribution in [0.2, 0.25) is 0 Å². The normalized spacial score (nSPS) is 23.3. The Morgan fingerprint density at radius 2 is 1.83 bits per heavy atom.